The molecule has 0 bridgehead atoms. The Bertz CT molecular complexity index is 713. The number of hydrogen-bond donors (Lipinski definition) is 1. The lowest BCUT2D eigenvalue weighted by Gasteiger charge is -2.44. The smallest absolute Gasteiger partial charge is 0.193 e. The molecule has 3 heteroatoms. The first-order valence-electron chi connectivity index (χ1n) is 9.55. The van der Waals surface area contributed by atoms with E-state index in [2.05, 4.69) is 49.3 Å². The molecule has 1 aromatic rings. The molecule has 128 valence electrons. The molecule has 1 heterocycles. The molecule has 4 rings (SSSR count). The molecule has 1 N–H and O–H groups in total. The summed E-state index contributed by atoms with van der Waals surface area (Å²) in [5, 5.41) is 4.32. The van der Waals surface area contributed by atoms with Crippen LogP contribution in [0, 0.1) is 11.3 Å². The third-order valence-electron chi connectivity index (χ3n) is 6.90. The van der Waals surface area contributed by atoms with Crippen molar-refractivity contribution in [3.63, 3.8) is 0 Å². The molecule has 0 saturated heterocycles. The molecule has 1 saturated carbocycles. The van der Waals surface area contributed by atoms with Gasteiger partial charge in [-0.3, -0.25) is 0 Å². The fourth-order valence-electron chi connectivity index (χ4n) is 5.17. The Hall–Kier alpha value is -1.22. The van der Waals surface area contributed by atoms with Crippen LogP contribution in [0.15, 0.2) is 23.2 Å². The fraction of sp³-hybridized carbons (Fsp3) is 0.619. The molecular formula is C21H28N2S. The van der Waals surface area contributed by atoms with E-state index in [0.29, 0.717) is 5.11 Å². The Balaban J connectivity index is 1.79. The van der Waals surface area contributed by atoms with Crippen molar-refractivity contribution in [2.24, 2.45) is 16.3 Å². The van der Waals surface area contributed by atoms with E-state index in [4.69, 9.17) is 12.2 Å². The van der Waals surface area contributed by atoms with Gasteiger partial charge in [0.25, 0.3) is 0 Å². The van der Waals surface area contributed by atoms with Gasteiger partial charge < -0.3 is 5.32 Å². The Labute approximate surface area is 151 Å². The molecule has 3 aliphatic rings. The molecule has 1 spiro atoms. The van der Waals surface area contributed by atoms with Crippen LogP contribution < -0.4 is 5.32 Å². The highest BCUT2D eigenvalue weighted by atomic mass is 32.1. The monoisotopic (exact) mass is 340 g/mol. The lowest BCUT2D eigenvalue weighted by molar-refractivity contribution is 0.168. The molecular weight excluding hydrogens is 312 g/mol. The maximum atomic E-state index is 5.46. The maximum Gasteiger partial charge on any atom is 0.193 e. The predicted molar refractivity (Wildman–Crippen MR) is 105 cm³/mol. The van der Waals surface area contributed by atoms with E-state index < -0.39 is 0 Å². The minimum Gasteiger partial charge on any atom is -0.346 e. The maximum absolute atomic E-state index is 5.46. The van der Waals surface area contributed by atoms with Gasteiger partial charge in [-0.2, -0.15) is 0 Å². The number of nitrogens with one attached hydrogen (secondary N) is 1. The summed E-state index contributed by atoms with van der Waals surface area (Å²) in [5.41, 5.74) is 5.57. The number of aliphatic imine (C=N–C) groups is 1. The normalized spacial score (nSPS) is 27.3. The molecule has 0 aromatic heterocycles. The highest BCUT2D eigenvalue weighted by molar-refractivity contribution is 7.80. The van der Waals surface area contributed by atoms with Crippen LogP contribution in [0.5, 0.6) is 0 Å². The van der Waals surface area contributed by atoms with Gasteiger partial charge in [-0.15, -0.1) is 0 Å². The summed E-state index contributed by atoms with van der Waals surface area (Å²) < 4.78 is 0. The summed E-state index contributed by atoms with van der Waals surface area (Å²) in [6.45, 7) is 6.81. The van der Waals surface area contributed by atoms with Crippen molar-refractivity contribution in [2.75, 3.05) is 0 Å². The number of hydrogen-bond acceptors (Lipinski definition) is 1. The first-order valence-corrected chi connectivity index (χ1v) is 9.95. The van der Waals surface area contributed by atoms with E-state index in [1.165, 1.54) is 42.4 Å². The SMILES string of the molecule is CCC1(CC)Cc2ccc(CCC3CC3)cc2C12NC(=S)N=C2C. The second-order valence-corrected chi connectivity index (χ2v) is 8.40. The summed E-state index contributed by atoms with van der Waals surface area (Å²) in [6.07, 6.45) is 8.82. The van der Waals surface area contributed by atoms with Gasteiger partial charge in [0.05, 0.1) is 0 Å². The van der Waals surface area contributed by atoms with Crippen LogP contribution in [0.4, 0.5) is 0 Å². The van der Waals surface area contributed by atoms with E-state index >= 15 is 0 Å². The van der Waals surface area contributed by atoms with Crippen LogP contribution in [-0.4, -0.2) is 10.8 Å². The Morgan fingerprint density at radius 3 is 2.58 bits per heavy atom. The van der Waals surface area contributed by atoms with Crippen molar-refractivity contribution in [3.05, 3.63) is 34.9 Å². The standard InChI is InChI=1S/C21H28N2S/c1-4-20(5-2)13-17-11-10-16(9-8-15-6-7-15)12-18(17)21(20)14(3)22-19(24)23-21/h10-12,15H,4-9,13H2,1-3H3,(H,23,24). The van der Waals surface area contributed by atoms with Crippen molar-refractivity contribution in [3.8, 4) is 0 Å². The minimum atomic E-state index is -0.182. The van der Waals surface area contributed by atoms with Crippen molar-refractivity contribution < 1.29 is 0 Å². The molecule has 1 atom stereocenters. The van der Waals surface area contributed by atoms with Crippen LogP contribution in [0.3, 0.4) is 0 Å². The fourth-order valence-corrected chi connectivity index (χ4v) is 5.46. The van der Waals surface area contributed by atoms with Crippen molar-refractivity contribution in [2.45, 2.75) is 71.3 Å². The van der Waals surface area contributed by atoms with Gasteiger partial charge in [0, 0.05) is 11.1 Å². The average Bonchev–Trinajstić information content (AvgIpc) is 3.30. The zero-order valence-electron chi connectivity index (χ0n) is 15.1. The highest BCUT2D eigenvalue weighted by Crippen LogP contribution is 2.56. The summed E-state index contributed by atoms with van der Waals surface area (Å²) in [6, 6.07) is 7.20. The number of aryl methyl sites for hydroxylation is 1. The van der Waals surface area contributed by atoms with Gasteiger partial charge in [0.2, 0.25) is 0 Å². The Morgan fingerprint density at radius 1 is 1.25 bits per heavy atom. The van der Waals surface area contributed by atoms with Crippen LogP contribution in [0.1, 0.15) is 69.6 Å². The largest absolute Gasteiger partial charge is 0.346 e. The second-order valence-electron chi connectivity index (χ2n) is 8.02. The Morgan fingerprint density at radius 2 is 2.00 bits per heavy atom. The van der Waals surface area contributed by atoms with Gasteiger partial charge in [0.15, 0.2) is 5.11 Å². The number of thiocarbonyl (C=S) groups is 1. The first kappa shape index (κ1) is 16.3. The number of rotatable bonds is 5. The predicted octanol–water partition coefficient (Wildman–Crippen LogP) is 4.94. The first-order chi connectivity index (χ1) is 11.5. The van der Waals surface area contributed by atoms with Gasteiger partial charge in [-0.05, 0) is 73.9 Å². The third kappa shape index (κ3) is 2.20. The molecule has 1 aliphatic heterocycles. The van der Waals surface area contributed by atoms with Crippen LogP contribution in [-0.2, 0) is 18.4 Å². The zero-order chi connectivity index (χ0) is 16.9. The van der Waals surface area contributed by atoms with E-state index in [-0.39, 0.29) is 11.0 Å². The summed E-state index contributed by atoms with van der Waals surface area (Å²) in [4.78, 5) is 4.67. The van der Waals surface area contributed by atoms with Crippen LogP contribution in [0.2, 0.25) is 0 Å². The molecule has 2 nitrogen and oxygen atoms in total. The number of fused-ring (bicyclic) bond motifs is 2. The van der Waals surface area contributed by atoms with E-state index in [0.717, 1.165) is 30.9 Å². The molecule has 1 fully saturated rings. The van der Waals surface area contributed by atoms with Gasteiger partial charge in [0.1, 0.15) is 5.54 Å². The molecule has 2 aliphatic carbocycles. The van der Waals surface area contributed by atoms with Gasteiger partial charge >= 0.3 is 0 Å². The summed E-state index contributed by atoms with van der Waals surface area (Å²) >= 11 is 5.46. The van der Waals surface area contributed by atoms with E-state index in [9.17, 15) is 0 Å². The number of benzene rings is 1. The second kappa shape index (κ2) is 5.66. The average molecular weight is 341 g/mol. The third-order valence-corrected chi connectivity index (χ3v) is 7.09. The van der Waals surface area contributed by atoms with Crippen molar-refractivity contribution >= 4 is 23.0 Å². The van der Waals surface area contributed by atoms with E-state index in [1.54, 1.807) is 0 Å². The highest BCUT2D eigenvalue weighted by Gasteiger charge is 2.59. The Kier molecular flexibility index (Phi) is 3.83. The minimum absolute atomic E-state index is 0.179. The van der Waals surface area contributed by atoms with Crippen LogP contribution >= 0.6 is 12.2 Å². The van der Waals surface area contributed by atoms with Gasteiger partial charge in [-0.25, -0.2) is 4.99 Å². The number of nitrogens with zero attached hydrogens (tertiary/aromatic N) is 1. The van der Waals surface area contributed by atoms with Gasteiger partial charge in [-0.1, -0.05) is 44.9 Å². The quantitative estimate of drug-likeness (QED) is 0.768. The van der Waals surface area contributed by atoms with E-state index in [1.807, 2.05) is 0 Å². The molecule has 0 amide bonds. The summed E-state index contributed by atoms with van der Waals surface area (Å²) in [7, 11) is 0. The molecule has 0 radical (unpaired) electrons. The molecule has 24 heavy (non-hydrogen) atoms. The molecule has 1 aromatic carbocycles. The lowest BCUT2D eigenvalue weighted by Crippen LogP contribution is -2.55. The zero-order valence-corrected chi connectivity index (χ0v) is 15.9. The molecule has 1 unspecified atom stereocenters. The van der Waals surface area contributed by atoms with Crippen molar-refractivity contribution in [1.29, 1.82) is 0 Å². The lowest BCUT2D eigenvalue weighted by atomic mass is 9.64. The van der Waals surface area contributed by atoms with Crippen LogP contribution in [0.25, 0.3) is 0 Å². The topological polar surface area (TPSA) is 24.4 Å². The summed E-state index contributed by atoms with van der Waals surface area (Å²) in [5.74, 6) is 0.984. The van der Waals surface area contributed by atoms with Crippen molar-refractivity contribution in [1.82, 2.24) is 5.32 Å².